The Morgan fingerprint density at radius 3 is 2.39 bits per heavy atom. The van der Waals surface area contributed by atoms with Gasteiger partial charge >= 0.3 is 5.97 Å². The van der Waals surface area contributed by atoms with Gasteiger partial charge in [-0.2, -0.15) is 0 Å². The summed E-state index contributed by atoms with van der Waals surface area (Å²) in [5.41, 5.74) is 3.76. The Balaban J connectivity index is 1.60. The van der Waals surface area contributed by atoms with Crippen LogP contribution in [0.4, 0.5) is 5.69 Å². The molecular formula is C26H22N2O4S. The highest BCUT2D eigenvalue weighted by molar-refractivity contribution is 8.18. The van der Waals surface area contributed by atoms with Crippen LogP contribution in [0.15, 0.2) is 88.8 Å². The van der Waals surface area contributed by atoms with Gasteiger partial charge in [0.2, 0.25) is 0 Å². The molecule has 1 amide bonds. The molecule has 1 heterocycles. The van der Waals surface area contributed by atoms with E-state index in [0.717, 1.165) is 22.4 Å². The topological polar surface area (TPSA) is 79.2 Å². The number of hydrogen-bond donors (Lipinski definition) is 1. The lowest BCUT2D eigenvalue weighted by Crippen LogP contribution is -2.28. The molecule has 6 nitrogen and oxygen atoms in total. The molecule has 0 aliphatic carbocycles. The fraction of sp³-hybridized carbons (Fsp3) is 0.115. The number of aliphatic imine (C=N–C) groups is 1. The Morgan fingerprint density at radius 1 is 1.03 bits per heavy atom. The highest BCUT2D eigenvalue weighted by Crippen LogP contribution is 2.35. The van der Waals surface area contributed by atoms with Crippen LogP contribution in [0.3, 0.4) is 0 Å². The molecule has 0 saturated carbocycles. The van der Waals surface area contributed by atoms with E-state index in [2.05, 4.69) is 0 Å². The Labute approximate surface area is 196 Å². The molecule has 7 heteroatoms. The lowest BCUT2D eigenvalue weighted by Gasteiger charge is -2.15. The molecule has 166 valence electrons. The minimum atomic E-state index is -1.03. The van der Waals surface area contributed by atoms with Crippen LogP contribution < -0.4 is 4.74 Å². The number of nitrogens with zero attached hydrogens (tertiary/aromatic N) is 2. The fourth-order valence-corrected chi connectivity index (χ4v) is 4.18. The maximum Gasteiger partial charge on any atom is 0.341 e. The summed E-state index contributed by atoms with van der Waals surface area (Å²) in [6.07, 6.45) is 1.81. The molecule has 3 aromatic rings. The fourth-order valence-electron chi connectivity index (χ4n) is 3.18. The number of aliphatic carboxylic acids is 1. The molecule has 4 rings (SSSR count). The maximum absolute atomic E-state index is 13.3. The van der Waals surface area contributed by atoms with Crippen molar-refractivity contribution in [2.24, 2.45) is 4.99 Å². The number of carboxylic acid groups (broad SMARTS) is 1. The van der Waals surface area contributed by atoms with Crippen LogP contribution in [0.25, 0.3) is 6.08 Å². The largest absolute Gasteiger partial charge is 0.482 e. The number of aryl methyl sites for hydroxylation is 1. The molecule has 0 bridgehead atoms. The van der Waals surface area contributed by atoms with Crippen molar-refractivity contribution in [3.05, 3.63) is 100 Å². The van der Waals surface area contributed by atoms with Crippen LogP contribution in [0.1, 0.15) is 16.7 Å². The molecule has 1 saturated heterocycles. The van der Waals surface area contributed by atoms with Gasteiger partial charge in [0.1, 0.15) is 5.75 Å². The number of carbonyl (C=O) groups excluding carboxylic acids is 1. The third-order valence-electron chi connectivity index (χ3n) is 4.87. The van der Waals surface area contributed by atoms with Crippen LogP contribution >= 0.6 is 11.8 Å². The number of ether oxygens (including phenoxy) is 1. The summed E-state index contributed by atoms with van der Waals surface area (Å²) in [5, 5.41) is 9.36. The first-order chi connectivity index (χ1) is 16.0. The van der Waals surface area contributed by atoms with E-state index in [1.807, 2.05) is 67.6 Å². The SMILES string of the molecule is Cc1ccc(N=C2SC(=Cc3ccc(OCC(=O)O)cc3)C(=O)N2Cc2ccccc2)cc1. The number of amidine groups is 1. The predicted molar refractivity (Wildman–Crippen MR) is 130 cm³/mol. The van der Waals surface area contributed by atoms with Crippen molar-refractivity contribution in [1.82, 2.24) is 4.90 Å². The van der Waals surface area contributed by atoms with E-state index in [9.17, 15) is 9.59 Å². The number of carbonyl (C=O) groups is 2. The molecule has 33 heavy (non-hydrogen) atoms. The van der Waals surface area contributed by atoms with Crippen LogP contribution in [0, 0.1) is 6.92 Å². The second-order valence-electron chi connectivity index (χ2n) is 7.47. The van der Waals surface area contributed by atoms with E-state index in [4.69, 9.17) is 14.8 Å². The van der Waals surface area contributed by atoms with E-state index in [-0.39, 0.29) is 5.91 Å². The highest BCUT2D eigenvalue weighted by atomic mass is 32.2. The number of rotatable bonds is 7. The van der Waals surface area contributed by atoms with Crippen molar-refractivity contribution in [3.8, 4) is 5.75 Å². The second-order valence-corrected chi connectivity index (χ2v) is 8.48. The molecule has 1 aliphatic rings. The van der Waals surface area contributed by atoms with Gasteiger partial charge < -0.3 is 9.84 Å². The van der Waals surface area contributed by atoms with Crippen LogP contribution in [-0.4, -0.2) is 33.7 Å². The molecule has 0 radical (unpaired) electrons. The summed E-state index contributed by atoms with van der Waals surface area (Å²) in [5.74, 6) is -0.689. The van der Waals surface area contributed by atoms with E-state index in [1.165, 1.54) is 11.8 Å². The van der Waals surface area contributed by atoms with Crippen molar-refractivity contribution >= 4 is 40.6 Å². The number of hydrogen-bond acceptors (Lipinski definition) is 5. The number of benzene rings is 3. The smallest absolute Gasteiger partial charge is 0.341 e. The van der Waals surface area contributed by atoms with E-state index in [1.54, 1.807) is 29.2 Å². The van der Waals surface area contributed by atoms with Gasteiger partial charge in [0.05, 0.1) is 17.1 Å². The lowest BCUT2D eigenvalue weighted by molar-refractivity contribution is -0.139. The zero-order chi connectivity index (χ0) is 23.2. The number of amides is 1. The molecule has 3 aromatic carbocycles. The van der Waals surface area contributed by atoms with Crippen molar-refractivity contribution < 1.29 is 19.4 Å². The number of carboxylic acids is 1. The summed E-state index contributed by atoms with van der Waals surface area (Å²) in [4.78, 5) is 30.9. The first-order valence-electron chi connectivity index (χ1n) is 10.3. The first-order valence-corrected chi connectivity index (χ1v) is 11.1. The molecule has 0 atom stereocenters. The minimum absolute atomic E-state index is 0.110. The van der Waals surface area contributed by atoms with Crippen LogP contribution in [0.5, 0.6) is 5.75 Å². The van der Waals surface area contributed by atoms with Crippen molar-refractivity contribution in [2.45, 2.75) is 13.5 Å². The Morgan fingerprint density at radius 2 is 1.73 bits per heavy atom. The average Bonchev–Trinajstić information content (AvgIpc) is 3.09. The van der Waals surface area contributed by atoms with E-state index in [0.29, 0.717) is 22.4 Å². The highest BCUT2D eigenvalue weighted by Gasteiger charge is 2.33. The van der Waals surface area contributed by atoms with Crippen molar-refractivity contribution in [3.63, 3.8) is 0 Å². The maximum atomic E-state index is 13.3. The van der Waals surface area contributed by atoms with Crippen LogP contribution in [-0.2, 0) is 16.1 Å². The summed E-state index contributed by atoms with van der Waals surface area (Å²) in [7, 11) is 0. The molecule has 1 aliphatic heterocycles. The molecule has 0 spiro atoms. The predicted octanol–water partition coefficient (Wildman–Crippen LogP) is 5.26. The van der Waals surface area contributed by atoms with Crippen molar-refractivity contribution in [2.75, 3.05) is 6.61 Å². The molecular weight excluding hydrogens is 436 g/mol. The summed E-state index contributed by atoms with van der Waals surface area (Å²) >= 11 is 1.34. The monoisotopic (exact) mass is 458 g/mol. The summed E-state index contributed by atoms with van der Waals surface area (Å²) in [6, 6.07) is 24.6. The van der Waals surface area contributed by atoms with Gasteiger partial charge in [-0.15, -0.1) is 0 Å². The lowest BCUT2D eigenvalue weighted by atomic mass is 10.2. The van der Waals surface area contributed by atoms with Gasteiger partial charge in [0.15, 0.2) is 11.8 Å². The zero-order valence-electron chi connectivity index (χ0n) is 18.0. The quantitative estimate of drug-likeness (QED) is 0.489. The van der Waals surface area contributed by atoms with E-state index < -0.39 is 12.6 Å². The summed E-state index contributed by atoms with van der Waals surface area (Å²) in [6.45, 7) is 2.05. The van der Waals surface area contributed by atoms with Gasteiger partial charge in [-0.1, -0.05) is 60.2 Å². The van der Waals surface area contributed by atoms with Crippen molar-refractivity contribution in [1.29, 1.82) is 0 Å². The third-order valence-corrected chi connectivity index (χ3v) is 5.88. The molecule has 0 unspecified atom stereocenters. The zero-order valence-corrected chi connectivity index (χ0v) is 18.8. The molecule has 1 fully saturated rings. The Bertz CT molecular complexity index is 1200. The summed E-state index contributed by atoms with van der Waals surface area (Å²) < 4.78 is 5.17. The standard InChI is InChI=1S/C26H22N2O4S/c1-18-7-11-21(12-8-18)27-26-28(16-20-5-3-2-4-6-20)25(31)23(33-26)15-19-9-13-22(14-10-19)32-17-24(29)30/h2-15H,16-17H2,1H3,(H,29,30). The van der Waals surface area contributed by atoms with Gasteiger partial charge in [0, 0.05) is 0 Å². The third kappa shape index (κ3) is 5.90. The second kappa shape index (κ2) is 10.2. The number of thioether (sulfide) groups is 1. The van der Waals surface area contributed by atoms with Gasteiger partial charge in [0.25, 0.3) is 5.91 Å². The van der Waals surface area contributed by atoms with Crippen LogP contribution in [0.2, 0.25) is 0 Å². The normalized spacial score (nSPS) is 15.9. The minimum Gasteiger partial charge on any atom is -0.482 e. The average molecular weight is 459 g/mol. The van der Waals surface area contributed by atoms with Gasteiger partial charge in [-0.3, -0.25) is 9.69 Å². The van der Waals surface area contributed by atoms with E-state index >= 15 is 0 Å². The van der Waals surface area contributed by atoms with Gasteiger partial charge in [-0.25, -0.2) is 9.79 Å². The molecule has 1 N–H and O–H groups in total. The Kier molecular flexibility index (Phi) is 6.90. The Hall–Kier alpha value is -3.84. The molecule has 0 aromatic heterocycles. The van der Waals surface area contributed by atoms with Gasteiger partial charge in [-0.05, 0) is 60.2 Å². The first kappa shape index (κ1) is 22.4.